The van der Waals surface area contributed by atoms with Gasteiger partial charge in [0.05, 0.1) is 12.7 Å². The molecule has 1 saturated heterocycles. The summed E-state index contributed by atoms with van der Waals surface area (Å²) in [4.78, 5) is 41.1. The van der Waals surface area contributed by atoms with E-state index in [4.69, 9.17) is 4.74 Å². The Morgan fingerprint density at radius 3 is 2.66 bits per heavy atom. The summed E-state index contributed by atoms with van der Waals surface area (Å²) in [6.45, 7) is 9.92. The molecule has 0 radical (unpaired) electrons. The van der Waals surface area contributed by atoms with Crippen LogP contribution in [0.15, 0.2) is 25.3 Å². The maximum absolute atomic E-state index is 12.9. The van der Waals surface area contributed by atoms with Gasteiger partial charge in [0.25, 0.3) is 0 Å². The molecule has 1 aliphatic carbocycles. The number of hydrogen-bond acceptors (Lipinski definition) is 5. The first kappa shape index (κ1) is 22.9. The summed E-state index contributed by atoms with van der Waals surface area (Å²) < 4.78 is 5.11. The van der Waals surface area contributed by atoms with E-state index < -0.39 is 29.7 Å². The molecule has 2 N–H and O–H groups in total. The number of esters is 1. The summed E-state index contributed by atoms with van der Waals surface area (Å²) in [6, 6.07) is -1.30. The van der Waals surface area contributed by atoms with Gasteiger partial charge in [-0.1, -0.05) is 12.2 Å². The number of carbonyl (C=O) groups excluding carboxylic acids is 3. The smallest absolute Gasteiger partial charge is 0.332 e. The summed E-state index contributed by atoms with van der Waals surface area (Å²) >= 11 is 0. The molecule has 0 aromatic rings. The van der Waals surface area contributed by atoms with Crippen molar-refractivity contribution in [1.82, 2.24) is 15.1 Å². The molecule has 0 bridgehead atoms. The van der Waals surface area contributed by atoms with Crippen molar-refractivity contribution in [1.29, 1.82) is 0 Å². The largest absolute Gasteiger partial charge is 0.464 e. The number of likely N-dealkylation sites (tertiary alicyclic amines) is 1. The summed E-state index contributed by atoms with van der Waals surface area (Å²) in [5.74, 6) is -0.920. The Labute approximate surface area is 172 Å². The number of likely N-dealkylation sites (N-methyl/N-ethyl adjacent to an activating group) is 1. The van der Waals surface area contributed by atoms with E-state index in [0.717, 1.165) is 19.3 Å². The lowest BCUT2D eigenvalue weighted by Gasteiger charge is -2.29. The molecule has 8 nitrogen and oxygen atoms in total. The van der Waals surface area contributed by atoms with Gasteiger partial charge in [-0.2, -0.15) is 0 Å². The van der Waals surface area contributed by atoms with Gasteiger partial charge in [0.2, 0.25) is 5.91 Å². The highest BCUT2D eigenvalue weighted by molar-refractivity contribution is 5.93. The first-order chi connectivity index (χ1) is 13.8. The van der Waals surface area contributed by atoms with Crippen molar-refractivity contribution in [2.75, 3.05) is 26.7 Å². The maximum atomic E-state index is 12.9. The Kier molecular flexibility index (Phi) is 7.84. The highest BCUT2D eigenvalue weighted by atomic mass is 16.5. The Balaban J connectivity index is 2.04. The molecule has 8 heteroatoms. The fraction of sp³-hybridized carbons (Fsp3) is 0.667. The molecule has 4 atom stereocenters. The number of ether oxygens (including phenoxy) is 1. The molecule has 0 unspecified atom stereocenters. The Morgan fingerprint density at radius 2 is 2.07 bits per heavy atom. The van der Waals surface area contributed by atoms with Crippen molar-refractivity contribution < 1.29 is 24.2 Å². The molecule has 1 heterocycles. The second-order valence-corrected chi connectivity index (χ2v) is 7.77. The Hall–Kier alpha value is -2.35. The molecule has 3 amide bonds. The molecule has 162 valence electrons. The van der Waals surface area contributed by atoms with Crippen LogP contribution in [-0.4, -0.2) is 77.2 Å². The average Bonchev–Trinajstić information content (AvgIpc) is 3.27. The van der Waals surface area contributed by atoms with Gasteiger partial charge in [-0.15, -0.1) is 13.2 Å². The zero-order chi connectivity index (χ0) is 21.6. The topological polar surface area (TPSA) is 99.2 Å². The van der Waals surface area contributed by atoms with Crippen molar-refractivity contribution in [2.45, 2.75) is 56.7 Å². The minimum atomic E-state index is -1.13. The van der Waals surface area contributed by atoms with Crippen LogP contribution < -0.4 is 5.32 Å². The molecule has 0 aromatic carbocycles. The number of nitrogens with zero attached hydrogens (tertiary/aromatic N) is 2. The SMILES string of the molecule is C=CCCCCN(C)C(=O)[C@@H]1C[C@@H](O)CN1C(=O)N[C@]1(C(=O)OCC)C[C@H]1C=C. The number of β-amino-alcohol motifs (C(OH)–C–C–N with tert-alkyl or cyclic N) is 1. The minimum Gasteiger partial charge on any atom is -0.464 e. The fourth-order valence-electron chi connectivity index (χ4n) is 3.80. The van der Waals surface area contributed by atoms with Gasteiger partial charge in [-0.05, 0) is 32.6 Å². The zero-order valence-electron chi connectivity index (χ0n) is 17.4. The Bertz CT molecular complexity index is 652. The summed E-state index contributed by atoms with van der Waals surface area (Å²) in [7, 11) is 1.70. The number of rotatable bonds is 10. The number of amides is 3. The molecular weight excluding hydrogens is 374 g/mol. The zero-order valence-corrected chi connectivity index (χ0v) is 17.4. The highest BCUT2D eigenvalue weighted by Gasteiger charge is 2.62. The van der Waals surface area contributed by atoms with Gasteiger partial charge in [-0.25, -0.2) is 9.59 Å². The molecule has 2 fully saturated rings. The van der Waals surface area contributed by atoms with Crippen molar-refractivity contribution >= 4 is 17.9 Å². The second-order valence-electron chi connectivity index (χ2n) is 7.77. The third kappa shape index (κ3) is 5.18. The fourth-order valence-corrected chi connectivity index (χ4v) is 3.80. The summed E-state index contributed by atoms with van der Waals surface area (Å²) in [6.07, 6.45) is 5.94. The molecular formula is C21H33N3O5. The van der Waals surface area contributed by atoms with Crippen LogP contribution in [0.1, 0.15) is 39.0 Å². The van der Waals surface area contributed by atoms with Gasteiger partial charge in [-0.3, -0.25) is 4.79 Å². The first-order valence-electron chi connectivity index (χ1n) is 10.2. The third-order valence-corrected chi connectivity index (χ3v) is 5.62. The molecule has 1 saturated carbocycles. The van der Waals surface area contributed by atoms with Gasteiger partial charge in [0.1, 0.15) is 11.6 Å². The number of aliphatic hydroxyl groups excluding tert-OH is 1. The summed E-state index contributed by atoms with van der Waals surface area (Å²) in [5.41, 5.74) is -1.13. The third-order valence-electron chi connectivity index (χ3n) is 5.62. The van der Waals surface area contributed by atoms with Gasteiger partial charge in [0.15, 0.2) is 0 Å². The number of nitrogens with one attached hydrogen (secondary N) is 1. The normalized spacial score (nSPS) is 27.8. The van der Waals surface area contributed by atoms with E-state index in [-0.39, 0.29) is 31.4 Å². The predicted molar refractivity (Wildman–Crippen MR) is 109 cm³/mol. The monoisotopic (exact) mass is 407 g/mol. The Morgan fingerprint density at radius 1 is 1.34 bits per heavy atom. The number of hydrogen-bond donors (Lipinski definition) is 2. The van der Waals surface area contributed by atoms with Crippen LogP contribution in [0, 0.1) is 5.92 Å². The van der Waals surface area contributed by atoms with Crippen molar-refractivity contribution in [3.05, 3.63) is 25.3 Å². The van der Waals surface area contributed by atoms with Crippen LogP contribution in [0.4, 0.5) is 4.79 Å². The molecule has 2 rings (SSSR count). The van der Waals surface area contributed by atoms with Gasteiger partial charge in [0, 0.05) is 32.5 Å². The van der Waals surface area contributed by atoms with Crippen molar-refractivity contribution in [3.63, 3.8) is 0 Å². The standard InChI is InChI=1S/C21H33N3O5/c1-5-8-9-10-11-23(4)18(26)17-12-16(25)14-24(17)20(28)22-21(13-15(21)6-2)19(27)29-7-3/h5-6,15-17,25H,1-2,7-14H2,3-4H3,(H,22,28)/t15-,16-,17+,21-/m1/s1. The second kappa shape index (κ2) is 9.91. The molecule has 29 heavy (non-hydrogen) atoms. The van der Waals surface area contributed by atoms with Crippen LogP contribution in [-0.2, 0) is 14.3 Å². The first-order valence-corrected chi connectivity index (χ1v) is 10.2. The van der Waals surface area contributed by atoms with E-state index in [0.29, 0.717) is 13.0 Å². The number of aliphatic hydroxyl groups is 1. The van der Waals surface area contributed by atoms with Gasteiger partial charge >= 0.3 is 12.0 Å². The number of carbonyl (C=O) groups is 3. The maximum Gasteiger partial charge on any atom is 0.332 e. The van der Waals surface area contributed by atoms with E-state index in [2.05, 4.69) is 18.5 Å². The predicted octanol–water partition coefficient (Wildman–Crippen LogP) is 1.45. The van der Waals surface area contributed by atoms with Crippen LogP contribution in [0.25, 0.3) is 0 Å². The summed E-state index contributed by atoms with van der Waals surface area (Å²) in [5, 5.41) is 12.8. The minimum absolute atomic E-state index is 0.0458. The van der Waals surface area contributed by atoms with Crippen molar-refractivity contribution in [2.24, 2.45) is 5.92 Å². The molecule has 0 spiro atoms. The van der Waals surface area contributed by atoms with E-state index >= 15 is 0 Å². The van der Waals surface area contributed by atoms with Crippen LogP contribution >= 0.6 is 0 Å². The molecule has 2 aliphatic rings. The van der Waals surface area contributed by atoms with Gasteiger partial charge < -0.3 is 25.0 Å². The average molecular weight is 408 g/mol. The quantitative estimate of drug-likeness (QED) is 0.324. The van der Waals surface area contributed by atoms with Crippen LogP contribution in [0.5, 0.6) is 0 Å². The lowest BCUT2D eigenvalue weighted by molar-refractivity contribution is -0.147. The van der Waals surface area contributed by atoms with E-state index in [9.17, 15) is 19.5 Å². The number of urea groups is 1. The van der Waals surface area contributed by atoms with E-state index in [1.807, 2.05) is 6.08 Å². The number of allylic oxidation sites excluding steroid dienone is 1. The van der Waals surface area contributed by atoms with Crippen molar-refractivity contribution in [3.8, 4) is 0 Å². The van der Waals surface area contributed by atoms with Crippen LogP contribution in [0.2, 0.25) is 0 Å². The lowest BCUT2D eigenvalue weighted by Crippen LogP contribution is -2.55. The van der Waals surface area contributed by atoms with Crippen LogP contribution in [0.3, 0.4) is 0 Å². The highest BCUT2D eigenvalue weighted by Crippen LogP contribution is 2.45. The molecule has 0 aromatic heterocycles. The number of unbranched alkanes of at least 4 members (excludes halogenated alkanes) is 2. The molecule has 1 aliphatic heterocycles. The lowest BCUT2D eigenvalue weighted by atomic mass is 10.1. The van der Waals surface area contributed by atoms with E-state index in [1.165, 1.54) is 4.90 Å². The van der Waals surface area contributed by atoms with E-state index in [1.54, 1.807) is 24.9 Å².